The van der Waals surface area contributed by atoms with Crippen LogP contribution < -0.4 is 4.90 Å². The minimum Gasteiger partial charge on any atom is -0.295 e. The SMILES string of the molecule is Fc1cccc(N(c2ccccc2)c2ccc(-c3c4ccccc4c(-c4cc5ccccc5c5ccccc45)c4ccccc34)cc2)n1. The first kappa shape index (κ1) is 27.9. The first-order valence-electron chi connectivity index (χ1n) is 16.2. The van der Waals surface area contributed by atoms with Crippen molar-refractivity contribution in [1.82, 2.24) is 4.98 Å². The molecule has 226 valence electrons. The van der Waals surface area contributed by atoms with Gasteiger partial charge < -0.3 is 0 Å². The molecule has 9 aromatic rings. The zero-order valence-electron chi connectivity index (χ0n) is 26.0. The van der Waals surface area contributed by atoms with Crippen LogP contribution in [0.4, 0.5) is 21.6 Å². The molecule has 1 aromatic heterocycles. The fraction of sp³-hybridized carbons (Fsp3) is 0. The molecule has 0 radical (unpaired) electrons. The molecule has 0 saturated heterocycles. The Bertz CT molecular complexity index is 2570. The Balaban J connectivity index is 1.28. The molecule has 0 amide bonds. The molecule has 48 heavy (non-hydrogen) atoms. The summed E-state index contributed by atoms with van der Waals surface area (Å²) in [7, 11) is 0. The summed E-state index contributed by atoms with van der Waals surface area (Å²) in [5.74, 6) is 0.0130. The molecule has 2 nitrogen and oxygen atoms in total. The zero-order chi connectivity index (χ0) is 32.0. The van der Waals surface area contributed by atoms with Gasteiger partial charge in [0.25, 0.3) is 0 Å². The molecule has 0 atom stereocenters. The van der Waals surface area contributed by atoms with Crippen molar-refractivity contribution in [3.05, 3.63) is 182 Å². The number of rotatable bonds is 5. The maximum Gasteiger partial charge on any atom is 0.214 e. The van der Waals surface area contributed by atoms with Gasteiger partial charge in [-0.1, -0.05) is 133 Å². The Kier molecular flexibility index (Phi) is 6.69. The van der Waals surface area contributed by atoms with Crippen molar-refractivity contribution in [2.45, 2.75) is 0 Å². The van der Waals surface area contributed by atoms with Crippen LogP contribution in [0.1, 0.15) is 0 Å². The number of aromatic nitrogens is 1. The molecule has 0 spiro atoms. The summed E-state index contributed by atoms with van der Waals surface area (Å²) in [5, 5.41) is 9.82. The molecule has 0 fully saturated rings. The molecule has 0 bridgehead atoms. The molecule has 3 heteroatoms. The van der Waals surface area contributed by atoms with Gasteiger partial charge in [0.1, 0.15) is 5.82 Å². The highest BCUT2D eigenvalue weighted by Crippen LogP contribution is 2.47. The highest BCUT2D eigenvalue weighted by Gasteiger charge is 2.20. The highest BCUT2D eigenvalue weighted by molar-refractivity contribution is 6.25. The molecule has 0 aliphatic carbocycles. The van der Waals surface area contributed by atoms with Gasteiger partial charge in [0.2, 0.25) is 5.95 Å². The summed E-state index contributed by atoms with van der Waals surface area (Å²) in [6.07, 6.45) is 0. The Morgan fingerprint density at radius 2 is 0.917 bits per heavy atom. The topological polar surface area (TPSA) is 16.1 Å². The third-order valence-electron chi connectivity index (χ3n) is 9.33. The molecule has 0 saturated carbocycles. The first-order chi connectivity index (χ1) is 23.7. The minimum atomic E-state index is -0.512. The summed E-state index contributed by atoms with van der Waals surface area (Å²) < 4.78 is 14.3. The number of anilines is 3. The summed E-state index contributed by atoms with van der Waals surface area (Å²) in [5.41, 5.74) is 6.59. The number of benzene rings is 8. The first-order valence-corrected chi connectivity index (χ1v) is 16.2. The lowest BCUT2D eigenvalue weighted by molar-refractivity contribution is 0.584. The smallest absolute Gasteiger partial charge is 0.214 e. The molecule has 9 rings (SSSR count). The second-order valence-electron chi connectivity index (χ2n) is 12.1. The van der Waals surface area contributed by atoms with Gasteiger partial charge in [0.05, 0.1) is 0 Å². The summed E-state index contributed by atoms with van der Waals surface area (Å²) >= 11 is 0. The average Bonchev–Trinajstić information content (AvgIpc) is 3.14. The van der Waals surface area contributed by atoms with E-state index in [0.29, 0.717) is 5.82 Å². The lowest BCUT2D eigenvalue weighted by Crippen LogP contribution is -2.11. The van der Waals surface area contributed by atoms with Crippen LogP contribution >= 0.6 is 0 Å². The van der Waals surface area contributed by atoms with Crippen LogP contribution in [0.25, 0.3) is 65.3 Å². The Morgan fingerprint density at radius 1 is 0.396 bits per heavy atom. The van der Waals surface area contributed by atoms with Crippen molar-refractivity contribution in [3.63, 3.8) is 0 Å². The van der Waals surface area contributed by atoms with Crippen LogP contribution in [0.15, 0.2) is 176 Å². The largest absolute Gasteiger partial charge is 0.295 e. The van der Waals surface area contributed by atoms with E-state index in [-0.39, 0.29) is 0 Å². The van der Waals surface area contributed by atoms with Crippen molar-refractivity contribution in [3.8, 4) is 22.3 Å². The van der Waals surface area contributed by atoms with Crippen molar-refractivity contribution < 1.29 is 4.39 Å². The van der Waals surface area contributed by atoms with Crippen molar-refractivity contribution in [2.24, 2.45) is 0 Å². The molecular formula is C45H29FN2. The van der Waals surface area contributed by atoms with Gasteiger partial charge in [-0.05, 0) is 108 Å². The highest BCUT2D eigenvalue weighted by atomic mass is 19.1. The molecule has 8 aromatic carbocycles. The van der Waals surface area contributed by atoms with Crippen LogP contribution in [0.3, 0.4) is 0 Å². The Labute approximate surface area is 278 Å². The number of hydrogen-bond donors (Lipinski definition) is 0. The Hall–Kier alpha value is -6.32. The van der Waals surface area contributed by atoms with Gasteiger partial charge >= 0.3 is 0 Å². The molecular weight excluding hydrogens is 588 g/mol. The quantitative estimate of drug-likeness (QED) is 0.109. The van der Waals surface area contributed by atoms with E-state index in [9.17, 15) is 4.39 Å². The van der Waals surface area contributed by atoms with Gasteiger partial charge in [0, 0.05) is 11.4 Å². The number of fused-ring (bicyclic) bond motifs is 5. The fourth-order valence-electron chi connectivity index (χ4n) is 7.28. The van der Waals surface area contributed by atoms with Crippen LogP contribution in [0, 0.1) is 5.95 Å². The lowest BCUT2D eigenvalue weighted by atomic mass is 9.84. The predicted molar refractivity (Wildman–Crippen MR) is 200 cm³/mol. The van der Waals surface area contributed by atoms with Gasteiger partial charge in [-0.3, -0.25) is 4.90 Å². The van der Waals surface area contributed by atoms with Crippen molar-refractivity contribution in [1.29, 1.82) is 0 Å². The van der Waals surface area contributed by atoms with Gasteiger partial charge in [-0.2, -0.15) is 4.39 Å². The summed E-state index contributed by atoms with van der Waals surface area (Å²) in [4.78, 5) is 6.21. The maximum atomic E-state index is 14.3. The number of halogens is 1. The number of hydrogen-bond acceptors (Lipinski definition) is 2. The van der Waals surface area contributed by atoms with Gasteiger partial charge in [-0.15, -0.1) is 0 Å². The minimum absolute atomic E-state index is 0.512. The molecule has 0 aliphatic rings. The molecule has 0 unspecified atom stereocenters. The van der Waals surface area contributed by atoms with E-state index in [2.05, 4.69) is 132 Å². The van der Waals surface area contributed by atoms with E-state index in [4.69, 9.17) is 0 Å². The number of nitrogens with zero attached hydrogens (tertiary/aromatic N) is 2. The summed E-state index contributed by atoms with van der Waals surface area (Å²) in [6.45, 7) is 0. The van der Waals surface area contributed by atoms with E-state index in [1.165, 1.54) is 65.8 Å². The average molecular weight is 617 g/mol. The van der Waals surface area contributed by atoms with Gasteiger partial charge in [0.15, 0.2) is 0 Å². The van der Waals surface area contributed by atoms with E-state index < -0.39 is 5.95 Å². The summed E-state index contributed by atoms with van der Waals surface area (Å²) in [6, 6.07) is 60.7. The number of pyridine rings is 1. The third-order valence-corrected chi connectivity index (χ3v) is 9.33. The van der Waals surface area contributed by atoms with E-state index in [1.54, 1.807) is 6.07 Å². The van der Waals surface area contributed by atoms with Crippen LogP contribution in [-0.2, 0) is 0 Å². The molecule has 0 aliphatic heterocycles. The monoisotopic (exact) mass is 616 g/mol. The third kappa shape index (κ3) is 4.59. The predicted octanol–water partition coefficient (Wildman–Crippen LogP) is 12.6. The lowest BCUT2D eigenvalue weighted by Gasteiger charge is -2.24. The second kappa shape index (κ2) is 11.5. The van der Waals surface area contributed by atoms with E-state index in [0.717, 1.165) is 16.9 Å². The van der Waals surface area contributed by atoms with Crippen LogP contribution in [-0.4, -0.2) is 4.98 Å². The van der Waals surface area contributed by atoms with E-state index in [1.807, 2.05) is 41.3 Å². The zero-order valence-corrected chi connectivity index (χ0v) is 26.0. The molecule has 0 N–H and O–H groups in total. The maximum absolute atomic E-state index is 14.3. The second-order valence-corrected chi connectivity index (χ2v) is 12.1. The van der Waals surface area contributed by atoms with Crippen LogP contribution in [0.2, 0.25) is 0 Å². The number of para-hydroxylation sites is 1. The standard InChI is InChI=1S/C45H29FN2/c46-42-23-12-24-43(47-42)48(32-14-2-1-3-15-32)33-27-25-30(26-28-33)44-37-19-8-10-21-39(37)45(40-22-11-9-20-38(40)44)41-29-31-13-4-5-16-34(31)35-17-6-7-18-36(35)41/h1-29H. The fourth-order valence-corrected chi connectivity index (χ4v) is 7.28. The van der Waals surface area contributed by atoms with Crippen molar-refractivity contribution >= 4 is 60.3 Å². The molecule has 1 heterocycles. The van der Waals surface area contributed by atoms with Crippen molar-refractivity contribution in [2.75, 3.05) is 4.90 Å². The van der Waals surface area contributed by atoms with Gasteiger partial charge in [-0.25, -0.2) is 4.98 Å². The Morgan fingerprint density at radius 3 is 1.56 bits per heavy atom. The normalized spacial score (nSPS) is 11.4. The van der Waals surface area contributed by atoms with Crippen LogP contribution in [0.5, 0.6) is 0 Å². The van der Waals surface area contributed by atoms with E-state index >= 15 is 0 Å².